The molecule has 1 aromatic rings. The van der Waals surface area contributed by atoms with E-state index in [1.54, 1.807) is 0 Å². The predicted octanol–water partition coefficient (Wildman–Crippen LogP) is 2.75. The highest BCUT2D eigenvalue weighted by atomic mass is 35.5. The molecule has 0 aromatic heterocycles. The number of sulfonamides is 1. The van der Waals surface area contributed by atoms with E-state index in [1.165, 1.54) is 12.1 Å². The summed E-state index contributed by atoms with van der Waals surface area (Å²) in [5, 5.41) is 8.94. The Balaban J connectivity index is 2.93. The van der Waals surface area contributed by atoms with Gasteiger partial charge in [0.1, 0.15) is 0 Å². The summed E-state index contributed by atoms with van der Waals surface area (Å²) in [5.41, 5.74) is -0.222. The van der Waals surface area contributed by atoms with E-state index in [0.29, 0.717) is 6.42 Å². The van der Waals surface area contributed by atoms with Crippen LogP contribution < -0.4 is 4.72 Å². The topological polar surface area (TPSA) is 83.5 Å². The largest absolute Gasteiger partial charge is 0.478 e. The van der Waals surface area contributed by atoms with Crippen molar-refractivity contribution in [3.05, 3.63) is 28.8 Å². The fraction of sp³-hybridized carbons (Fsp3) is 0.462. The monoisotopic (exact) mass is 319 g/mol. The molecule has 0 amide bonds. The Hall–Kier alpha value is -1.11. The van der Waals surface area contributed by atoms with Gasteiger partial charge in [-0.2, -0.15) is 0 Å². The molecule has 0 heterocycles. The average Bonchev–Trinajstić information content (AvgIpc) is 2.26. The molecule has 112 valence electrons. The van der Waals surface area contributed by atoms with E-state index in [2.05, 4.69) is 4.72 Å². The zero-order chi connectivity index (χ0) is 15.6. The number of hydrogen-bond acceptors (Lipinski definition) is 3. The van der Waals surface area contributed by atoms with E-state index in [1.807, 2.05) is 20.8 Å². The van der Waals surface area contributed by atoms with Gasteiger partial charge in [-0.05, 0) is 30.0 Å². The maximum absolute atomic E-state index is 12.1. The van der Waals surface area contributed by atoms with Gasteiger partial charge in [-0.3, -0.25) is 0 Å². The fourth-order valence-electron chi connectivity index (χ4n) is 1.48. The first kappa shape index (κ1) is 16.9. The average molecular weight is 320 g/mol. The molecule has 5 nitrogen and oxygen atoms in total. The summed E-state index contributed by atoms with van der Waals surface area (Å²) >= 11 is 5.71. The molecule has 0 unspecified atom stereocenters. The third-order valence-electron chi connectivity index (χ3n) is 2.65. The summed E-state index contributed by atoms with van der Waals surface area (Å²) in [4.78, 5) is 10.8. The number of benzene rings is 1. The number of hydrogen-bond donors (Lipinski definition) is 2. The summed E-state index contributed by atoms with van der Waals surface area (Å²) in [6.07, 6.45) is 0.672. The quantitative estimate of drug-likeness (QED) is 0.874. The predicted molar refractivity (Wildman–Crippen MR) is 77.7 cm³/mol. The van der Waals surface area contributed by atoms with Gasteiger partial charge in [-0.25, -0.2) is 17.9 Å². The number of nitrogens with one attached hydrogen (secondary N) is 1. The van der Waals surface area contributed by atoms with Crippen molar-refractivity contribution in [2.45, 2.75) is 32.1 Å². The van der Waals surface area contributed by atoms with Crippen LogP contribution in [-0.4, -0.2) is 26.0 Å². The van der Waals surface area contributed by atoms with E-state index in [0.717, 1.165) is 6.07 Å². The molecule has 0 aliphatic rings. The fourth-order valence-corrected chi connectivity index (χ4v) is 2.74. The minimum atomic E-state index is -3.73. The second-order valence-corrected chi connectivity index (χ2v) is 7.83. The van der Waals surface area contributed by atoms with Crippen molar-refractivity contribution < 1.29 is 18.3 Å². The summed E-state index contributed by atoms with van der Waals surface area (Å²) < 4.78 is 26.6. The minimum absolute atomic E-state index is 0.00569. The van der Waals surface area contributed by atoms with Gasteiger partial charge in [-0.15, -0.1) is 0 Å². The lowest BCUT2D eigenvalue weighted by Crippen LogP contribution is -2.27. The van der Waals surface area contributed by atoms with Crippen molar-refractivity contribution in [2.75, 3.05) is 6.54 Å². The molecular formula is C13H18ClNO4S. The lowest BCUT2D eigenvalue weighted by Gasteiger charge is -2.18. The van der Waals surface area contributed by atoms with E-state index >= 15 is 0 Å². The standard InChI is InChI=1S/C13H18ClNO4S/c1-13(2,3)6-7-15-20(18,19)9-4-5-11(14)10(8-9)12(16)17/h4-5,8,15H,6-7H2,1-3H3,(H,16,17). The zero-order valence-electron chi connectivity index (χ0n) is 11.6. The highest BCUT2D eigenvalue weighted by Crippen LogP contribution is 2.21. The van der Waals surface area contributed by atoms with Crippen LogP contribution in [0, 0.1) is 5.41 Å². The normalized spacial score (nSPS) is 12.4. The van der Waals surface area contributed by atoms with Crippen LogP contribution in [0.5, 0.6) is 0 Å². The first-order valence-electron chi connectivity index (χ1n) is 6.05. The Morgan fingerprint density at radius 2 is 1.95 bits per heavy atom. The van der Waals surface area contributed by atoms with Crippen LogP contribution in [0.15, 0.2) is 23.1 Å². The minimum Gasteiger partial charge on any atom is -0.478 e. The summed E-state index contributed by atoms with van der Waals surface area (Å²) in [6.45, 7) is 6.31. The van der Waals surface area contributed by atoms with Crippen molar-refractivity contribution in [2.24, 2.45) is 5.41 Å². The number of rotatable bonds is 5. The number of carboxylic acids is 1. The number of halogens is 1. The van der Waals surface area contributed by atoms with Crippen LogP contribution in [0.2, 0.25) is 5.02 Å². The highest BCUT2D eigenvalue weighted by molar-refractivity contribution is 7.89. The number of carbonyl (C=O) groups is 1. The molecular weight excluding hydrogens is 302 g/mol. The van der Waals surface area contributed by atoms with Gasteiger partial charge in [0.05, 0.1) is 15.5 Å². The van der Waals surface area contributed by atoms with Crippen molar-refractivity contribution in [1.82, 2.24) is 4.72 Å². The van der Waals surface area contributed by atoms with E-state index in [-0.39, 0.29) is 27.4 Å². The van der Waals surface area contributed by atoms with E-state index in [9.17, 15) is 13.2 Å². The molecule has 2 N–H and O–H groups in total. The molecule has 0 aliphatic carbocycles. The second kappa shape index (κ2) is 6.11. The van der Waals surface area contributed by atoms with Gasteiger partial charge in [0, 0.05) is 6.54 Å². The maximum Gasteiger partial charge on any atom is 0.337 e. The third kappa shape index (κ3) is 4.77. The van der Waals surface area contributed by atoms with Gasteiger partial charge in [0.25, 0.3) is 0 Å². The van der Waals surface area contributed by atoms with Crippen molar-refractivity contribution >= 4 is 27.6 Å². The lowest BCUT2D eigenvalue weighted by molar-refractivity contribution is 0.0697. The molecule has 1 rings (SSSR count). The van der Waals surface area contributed by atoms with E-state index in [4.69, 9.17) is 16.7 Å². The van der Waals surface area contributed by atoms with Crippen molar-refractivity contribution in [3.8, 4) is 0 Å². The molecule has 0 spiro atoms. The molecule has 20 heavy (non-hydrogen) atoms. The number of carboxylic acid groups (broad SMARTS) is 1. The summed E-state index contributed by atoms with van der Waals surface area (Å²) in [5.74, 6) is -1.26. The summed E-state index contributed by atoms with van der Waals surface area (Å²) in [6, 6.07) is 3.61. The van der Waals surface area contributed by atoms with Gasteiger partial charge in [-0.1, -0.05) is 32.4 Å². The molecule has 0 bridgehead atoms. The van der Waals surface area contributed by atoms with E-state index < -0.39 is 16.0 Å². The molecule has 0 atom stereocenters. The zero-order valence-corrected chi connectivity index (χ0v) is 13.2. The van der Waals surface area contributed by atoms with Gasteiger partial charge >= 0.3 is 5.97 Å². The Labute approximate surface area is 124 Å². The van der Waals surface area contributed by atoms with Crippen molar-refractivity contribution in [3.63, 3.8) is 0 Å². The SMILES string of the molecule is CC(C)(C)CCNS(=O)(=O)c1ccc(Cl)c(C(=O)O)c1. The molecule has 0 radical (unpaired) electrons. The van der Waals surface area contributed by atoms with Gasteiger partial charge < -0.3 is 5.11 Å². The molecule has 0 saturated heterocycles. The van der Waals surface area contributed by atoms with Gasteiger partial charge in [0.15, 0.2) is 0 Å². The van der Waals surface area contributed by atoms with Gasteiger partial charge in [0.2, 0.25) is 10.0 Å². The van der Waals surface area contributed by atoms with Crippen molar-refractivity contribution in [1.29, 1.82) is 0 Å². The van der Waals surface area contributed by atoms with Crippen LogP contribution in [0.1, 0.15) is 37.6 Å². The molecule has 0 saturated carbocycles. The Morgan fingerprint density at radius 1 is 1.35 bits per heavy atom. The Morgan fingerprint density at radius 3 is 2.45 bits per heavy atom. The molecule has 1 aromatic carbocycles. The van der Waals surface area contributed by atoms with Crippen LogP contribution >= 0.6 is 11.6 Å². The maximum atomic E-state index is 12.1. The number of aromatic carboxylic acids is 1. The van der Waals surface area contributed by atoms with Crippen LogP contribution in [-0.2, 0) is 10.0 Å². The highest BCUT2D eigenvalue weighted by Gasteiger charge is 2.19. The first-order chi connectivity index (χ1) is 9.03. The molecule has 0 fully saturated rings. The second-order valence-electron chi connectivity index (χ2n) is 5.66. The first-order valence-corrected chi connectivity index (χ1v) is 7.91. The molecule has 7 heteroatoms. The van der Waals surface area contributed by atoms with Crippen LogP contribution in [0.3, 0.4) is 0 Å². The third-order valence-corrected chi connectivity index (χ3v) is 4.43. The smallest absolute Gasteiger partial charge is 0.337 e. The lowest BCUT2D eigenvalue weighted by atomic mass is 9.93. The molecule has 0 aliphatic heterocycles. The summed E-state index contributed by atoms with van der Waals surface area (Å²) in [7, 11) is -3.73. The Bertz CT molecular complexity index is 605. The van der Waals surface area contributed by atoms with Crippen LogP contribution in [0.4, 0.5) is 0 Å². The Kier molecular flexibility index (Phi) is 5.18. The van der Waals surface area contributed by atoms with Crippen LogP contribution in [0.25, 0.3) is 0 Å².